The van der Waals surface area contributed by atoms with E-state index in [4.69, 9.17) is 16.3 Å². The molecule has 0 aromatic heterocycles. The highest BCUT2D eigenvalue weighted by Crippen LogP contribution is 2.35. The van der Waals surface area contributed by atoms with E-state index < -0.39 is 0 Å². The van der Waals surface area contributed by atoms with E-state index in [-0.39, 0.29) is 18.4 Å². The summed E-state index contributed by atoms with van der Waals surface area (Å²) in [6, 6.07) is 14.7. The van der Waals surface area contributed by atoms with Gasteiger partial charge in [-0.25, -0.2) is 0 Å². The van der Waals surface area contributed by atoms with E-state index >= 15 is 0 Å². The van der Waals surface area contributed by atoms with E-state index in [2.05, 4.69) is 18.7 Å². The fourth-order valence-electron chi connectivity index (χ4n) is 4.20. The molecule has 0 spiro atoms. The van der Waals surface area contributed by atoms with Crippen LogP contribution >= 0.6 is 11.6 Å². The van der Waals surface area contributed by atoms with Crippen LogP contribution in [0.1, 0.15) is 44.2 Å². The smallest absolute Gasteiger partial charge is 0.278 e. The molecule has 4 rings (SSSR count). The molecule has 0 aliphatic carbocycles. The summed E-state index contributed by atoms with van der Waals surface area (Å²) in [5.41, 5.74) is 2.63. The average Bonchev–Trinajstić information content (AvgIpc) is 3.05. The van der Waals surface area contributed by atoms with E-state index in [0.717, 1.165) is 49.2 Å². The van der Waals surface area contributed by atoms with Crippen molar-refractivity contribution >= 4 is 29.0 Å². The first-order chi connectivity index (χ1) is 15.5. The Morgan fingerprint density at radius 1 is 0.969 bits per heavy atom. The Kier molecular flexibility index (Phi) is 6.85. The summed E-state index contributed by atoms with van der Waals surface area (Å²) >= 11 is 6.00. The second kappa shape index (κ2) is 9.78. The summed E-state index contributed by atoms with van der Waals surface area (Å²) < 4.78 is 5.69. The summed E-state index contributed by atoms with van der Waals surface area (Å²) in [5, 5.41) is 0.625. The SMILES string of the molecule is CCCOc1ccc(C2=C(N3CCC(C)CC3)C(=O)N(Cc3ccc(Cl)cc3)C2=O)cc1. The summed E-state index contributed by atoms with van der Waals surface area (Å²) in [6.45, 7) is 6.73. The number of halogens is 1. The molecule has 2 aromatic rings. The molecule has 2 amide bonds. The Hall–Kier alpha value is -2.79. The molecule has 0 atom stereocenters. The van der Waals surface area contributed by atoms with Gasteiger partial charge in [-0.1, -0.05) is 49.7 Å². The van der Waals surface area contributed by atoms with Crippen molar-refractivity contribution < 1.29 is 14.3 Å². The maximum Gasteiger partial charge on any atom is 0.278 e. The number of hydrogen-bond donors (Lipinski definition) is 0. The van der Waals surface area contributed by atoms with Crippen LogP contribution in [0.5, 0.6) is 5.75 Å². The second-order valence-corrected chi connectivity index (χ2v) is 9.03. The predicted octanol–water partition coefficient (Wildman–Crippen LogP) is 5.14. The van der Waals surface area contributed by atoms with Crippen molar-refractivity contribution in [3.05, 3.63) is 70.4 Å². The number of hydrogen-bond acceptors (Lipinski definition) is 4. The number of carbonyl (C=O) groups excluding carboxylic acids is 2. The molecule has 5 nitrogen and oxygen atoms in total. The van der Waals surface area contributed by atoms with Crippen molar-refractivity contribution in [2.24, 2.45) is 5.92 Å². The fraction of sp³-hybridized carbons (Fsp3) is 0.385. The third-order valence-corrected chi connectivity index (χ3v) is 6.37. The Morgan fingerprint density at radius 3 is 2.25 bits per heavy atom. The lowest BCUT2D eigenvalue weighted by Gasteiger charge is -2.32. The standard InChI is InChI=1S/C26H29ClN2O3/c1-3-16-32-22-10-6-20(7-11-22)23-24(28-14-12-18(2)13-15-28)26(31)29(25(23)30)17-19-4-8-21(27)9-5-19/h4-11,18H,3,12-17H2,1-2H3. The van der Waals surface area contributed by atoms with Gasteiger partial charge in [0.2, 0.25) is 0 Å². The molecule has 2 aliphatic heterocycles. The molecule has 1 fully saturated rings. The highest BCUT2D eigenvalue weighted by molar-refractivity contribution is 6.35. The molecule has 0 N–H and O–H groups in total. The van der Waals surface area contributed by atoms with Crippen LogP contribution in [0.25, 0.3) is 5.57 Å². The Morgan fingerprint density at radius 2 is 1.62 bits per heavy atom. The maximum atomic E-state index is 13.5. The first-order valence-electron chi connectivity index (χ1n) is 11.3. The van der Waals surface area contributed by atoms with Crippen LogP contribution in [0, 0.1) is 5.92 Å². The number of rotatable bonds is 7. The normalized spacial score (nSPS) is 17.5. The number of carbonyl (C=O) groups is 2. The molecule has 2 aromatic carbocycles. The maximum absolute atomic E-state index is 13.5. The van der Waals surface area contributed by atoms with Gasteiger partial charge in [-0.15, -0.1) is 0 Å². The lowest BCUT2D eigenvalue weighted by atomic mass is 9.97. The van der Waals surface area contributed by atoms with Gasteiger partial charge < -0.3 is 9.64 Å². The third kappa shape index (κ3) is 4.68. The van der Waals surface area contributed by atoms with Crippen LogP contribution in [0.4, 0.5) is 0 Å². The van der Waals surface area contributed by atoms with Crippen molar-refractivity contribution in [3.63, 3.8) is 0 Å². The number of piperidine rings is 1. The van der Waals surface area contributed by atoms with Crippen LogP contribution in [0.2, 0.25) is 5.02 Å². The zero-order valence-corrected chi connectivity index (χ0v) is 19.4. The molecule has 168 valence electrons. The topological polar surface area (TPSA) is 49.9 Å². The molecule has 1 saturated heterocycles. The minimum absolute atomic E-state index is 0.221. The van der Waals surface area contributed by atoms with Gasteiger partial charge in [0.15, 0.2) is 0 Å². The minimum Gasteiger partial charge on any atom is -0.494 e. The molecule has 32 heavy (non-hydrogen) atoms. The van der Waals surface area contributed by atoms with Crippen LogP contribution in [-0.4, -0.2) is 41.3 Å². The number of nitrogens with zero attached hydrogens (tertiary/aromatic N) is 2. The summed E-state index contributed by atoms with van der Waals surface area (Å²) in [6.07, 6.45) is 2.95. The van der Waals surface area contributed by atoms with Crippen molar-refractivity contribution in [1.82, 2.24) is 9.80 Å². The van der Waals surface area contributed by atoms with E-state index in [9.17, 15) is 9.59 Å². The highest BCUT2D eigenvalue weighted by atomic mass is 35.5. The van der Waals surface area contributed by atoms with E-state index in [0.29, 0.717) is 28.8 Å². The first-order valence-corrected chi connectivity index (χ1v) is 11.7. The molecule has 6 heteroatoms. The van der Waals surface area contributed by atoms with Gasteiger partial charge in [0.25, 0.3) is 11.8 Å². The van der Waals surface area contributed by atoms with Gasteiger partial charge in [0.05, 0.1) is 18.7 Å². The number of likely N-dealkylation sites (tertiary alicyclic amines) is 1. The van der Waals surface area contributed by atoms with Crippen molar-refractivity contribution in [2.75, 3.05) is 19.7 Å². The van der Waals surface area contributed by atoms with Crippen LogP contribution < -0.4 is 4.74 Å². The molecular weight excluding hydrogens is 424 g/mol. The lowest BCUT2D eigenvalue weighted by Crippen LogP contribution is -2.38. The van der Waals surface area contributed by atoms with Gasteiger partial charge in [0, 0.05) is 18.1 Å². The van der Waals surface area contributed by atoms with Gasteiger partial charge in [0.1, 0.15) is 11.4 Å². The monoisotopic (exact) mass is 452 g/mol. The van der Waals surface area contributed by atoms with E-state index in [1.165, 1.54) is 4.90 Å². The van der Waals surface area contributed by atoms with Crippen LogP contribution in [-0.2, 0) is 16.1 Å². The van der Waals surface area contributed by atoms with Crippen molar-refractivity contribution in [1.29, 1.82) is 0 Å². The molecule has 2 heterocycles. The van der Waals surface area contributed by atoms with Crippen LogP contribution in [0.3, 0.4) is 0 Å². The predicted molar refractivity (Wildman–Crippen MR) is 126 cm³/mol. The molecule has 0 unspecified atom stereocenters. The lowest BCUT2D eigenvalue weighted by molar-refractivity contribution is -0.138. The third-order valence-electron chi connectivity index (χ3n) is 6.11. The van der Waals surface area contributed by atoms with Gasteiger partial charge >= 0.3 is 0 Å². The highest BCUT2D eigenvalue weighted by Gasteiger charge is 2.42. The van der Waals surface area contributed by atoms with E-state index in [1.54, 1.807) is 12.1 Å². The fourth-order valence-corrected chi connectivity index (χ4v) is 4.33. The van der Waals surface area contributed by atoms with Crippen molar-refractivity contribution in [2.45, 2.75) is 39.7 Å². The molecule has 0 bridgehead atoms. The van der Waals surface area contributed by atoms with Crippen molar-refractivity contribution in [3.8, 4) is 5.75 Å². The van der Waals surface area contributed by atoms with Gasteiger partial charge in [-0.05, 0) is 60.6 Å². The summed E-state index contributed by atoms with van der Waals surface area (Å²) in [4.78, 5) is 30.5. The zero-order chi connectivity index (χ0) is 22.7. The number of ether oxygens (including phenoxy) is 1. The molecule has 0 saturated carbocycles. The average molecular weight is 453 g/mol. The Balaban J connectivity index is 1.67. The number of benzene rings is 2. The molecular formula is C26H29ClN2O3. The van der Waals surface area contributed by atoms with E-state index in [1.807, 2.05) is 36.4 Å². The molecule has 0 radical (unpaired) electrons. The van der Waals surface area contributed by atoms with Gasteiger partial charge in [-0.2, -0.15) is 0 Å². The summed E-state index contributed by atoms with van der Waals surface area (Å²) in [5.74, 6) is 0.920. The molecule has 2 aliphatic rings. The first kappa shape index (κ1) is 22.4. The Bertz CT molecular complexity index is 1010. The quantitative estimate of drug-likeness (QED) is 0.546. The number of amides is 2. The number of imide groups is 1. The van der Waals surface area contributed by atoms with Crippen LogP contribution in [0.15, 0.2) is 54.2 Å². The summed E-state index contributed by atoms with van der Waals surface area (Å²) in [7, 11) is 0. The van der Waals surface area contributed by atoms with Gasteiger partial charge in [-0.3, -0.25) is 14.5 Å². The second-order valence-electron chi connectivity index (χ2n) is 8.59. The zero-order valence-electron chi connectivity index (χ0n) is 18.6. The minimum atomic E-state index is -0.249. The largest absolute Gasteiger partial charge is 0.494 e. The Labute approximate surface area is 194 Å².